The number of imidazole rings is 1. The van der Waals surface area contributed by atoms with E-state index in [-0.39, 0.29) is 38.1 Å². The van der Waals surface area contributed by atoms with Gasteiger partial charge in [-0.25, -0.2) is 23.1 Å². The number of nitrogens with one attached hydrogen (secondary N) is 2. The van der Waals surface area contributed by atoms with Gasteiger partial charge in [0.15, 0.2) is 5.65 Å². The van der Waals surface area contributed by atoms with Crippen molar-refractivity contribution in [3.05, 3.63) is 29.7 Å². The van der Waals surface area contributed by atoms with Gasteiger partial charge in [-0.15, -0.1) is 0 Å². The van der Waals surface area contributed by atoms with Crippen LogP contribution in [0.15, 0.2) is 18.5 Å². The molecule has 2 aromatic heterocycles. The first-order valence-corrected chi connectivity index (χ1v) is 10.1. The molecule has 8 nitrogen and oxygen atoms in total. The molecule has 0 bridgehead atoms. The predicted molar refractivity (Wildman–Crippen MR) is 104 cm³/mol. The minimum atomic E-state index is -4.56. The Labute approximate surface area is 180 Å². The van der Waals surface area contributed by atoms with Gasteiger partial charge >= 0.3 is 12.3 Å². The Morgan fingerprint density at radius 1 is 1.38 bits per heavy atom. The third-order valence-corrected chi connectivity index (χ3v) is 5.70. The quantitative estimate of drug-likeness (QED) is 0.468. The minimum Gasteiger partial charge on any atom is -0.465 e. The molecule has 3 rings (SSSR count). The molecule has 2 heterocycles. The monoisotopic (exact) mass is 464 g/mol. The summed E-state index contributed by atoms with van der Waals surface area (Å²) >= 11 is 0. The Kier molecular flexibility index (Phi) is 6.61. The second-order valence-corrected chi connectivity index (χ2v) is 8.47. The van der Waals surface area contributed by atoms with Gasteiger partial charge in [0, 0.05) is 25.9 Å². The zero-order chi connectivity index (χ0) is 23.7. The fraction of sp³-hybridized carbons (Fsp3) is 0.632. The van der Waals surface area contributed by atoms with Crippen molar-refractivity contribution in [1.29, 1.82) is 0 Å². The molecule has 0 unspecified atom stereocenters. The number of rotatable bonds is 7. The smallest absolute Gasteiger partial charge is 0.407 e. The maximum absolute atomic E-state index is 13.5. The highest BCUT2D eigenvalue weighted by atomic mass is 19.4. The molecule has 1 saturated carbocycles. The summed E-state index contributed by atoms with van der Waals surface area (Å²) in [7, 11) is 0. The van der Waals surface area contributed by atoms with E-state index in [4.69, 9.17) is 5.73 Å². The minimum absolute atomic E-state index is 0.0586. The molecule has 0 aromatic carbocycles. The van der Waals surface area contributed by atoms with E-state index in [9.17, 15) is 31.9 Å². The lowest BCUT2D eigenvalue weighted by Crippen LogP contribution is -2.57. The van der Waals surface area contributed by atoms with E-state index in [2.05, 4.69) is 20.7 Å². The van der Waals surface area contributed by atoms with E-state index >= 15 is 0 Å². The first kappa shape index (κ1) is 24.1. The summed E-state index contributed by atoms with van der Waals surface area (Å²) in [6.07, 6.45) is -3.26. The van der Waals surface area contributed by atoms with Crippen LogP contribution in [0.25, 0.3) is 5.65 Å². The molecular formula is C19H25F5N6O2. The number of nitrogens with two attached hydrogens (primary N) is 1. The van der Waals surface area contributed by atoms with Crippen LogP contribution in [0.2, 0.25) is 0 Å². The number of carboxylic acid groups (broad SMARTS) is 1. The summed E-state index contributed by atoms with van der Waals surface area (Å²) in [4.78, 5) is 15.7. The van der Waals surface area contributed by atoms with Crippen LogP contribution >= 0.6 is 0 Å². The van der Waals surface area contributed by atoms with Gasteiger partial charge < -0.3 is 21.5 Å². The Hall–Kier alpha value is -2.54. The van der Waals surface area contributed by atoms with Gasteiger partial charge in [0.1, 0.15) is 5.54 Å². The van der Waals surface area contributed by atoms with Crippen molar-refractivity contribution in [2.75, 3.05) is 6.54 Å². The van der Waals surface area contributed by atoms with Gasteiger partial charge in [-0.05, 0) is 37.3 Å². The second kappa shape index (κ2) is 8.77. The molecule has 0 aliphatic heterocycles. The lowest BCUT2D eigenvalue weighted by Gasteiger charge is -2.32. The van der Waals surface area contributed by atoms with Crippen molar-refractivity contribution in [3.63, 3.8) is 0 Å². The normalized spacial score (nSPS) is 20.1. The maximum Gasteiger partial charge on any atom is 0.407 e. The molecule has 1 amide bonds. The van der Waals surface area contributed by atoms with E-state index in [0.717, 1.165) is 6.92 Å². The van der Waals surface area contributed by atoms with Crippen LogP contribution in [0.1, 0.15) is 49.9 Å². The zero-order valence-electron chi connectivity index (χ0n) is 17.3. The highest BCUT2D eigenvalue weighted by Crippen LogP contribution is 2.41. The summed E-state index contributed by atoms with van der Waals surface area (Å²) < 4.78 is 67.0. The second-order valence-electron chi connectivity index (χ2n) is 8.47. The van der Waals surface area contributed by atoms with Gasteiger partial charge in [-0.1, -0.05) is 0 Å². The summed E-state index contributed by atoms with van der Waals surface area (Å²) in [5, 5.41) is 18.4. The topological polar surface area (TPSA) is 118 Å². The van der Waals surface area contributed by atoms with Crippen molar-refractivity contribution in [2.24, 2.45) is 11.7 Å². The third-order valence-electron chi connectivity index (χ3n) is 5.70. The van der Waals surface area contributed by atoms with Crippen molar-refractivity contribution >= 4 is 11.7 Å². The molecule has 0 spiro atoms. The Morgan fingerprint density at radius 3 is 2.62 bits per heavy atom. The van der Waals surface area contributed by atoms with Crippen LogP contribution in [0.5, 0.6) is 0 Å². The standard InChI is InChI=1S/C19H25F5N6O2/c1-17(25,19(22,23)24)10-26-7-11-6-14-28-13(9-30(14)27-8-11)15(29-16(31)32)12-2-4-18(20,21)5-3-12/h6,8-9,12,15,26,29H,2-5,7,10,25H2,1H3,(H,31,32)/t15-,17-/m0/s1. The van der Waals surface area contributed by atoms with Crippen LogP contribution in [0.4, 0.5) is 26.7 Å². The molecule has 1 aliphatic rings. The average molecular weight is 464 g/mol. The average Bonchev–Trinajstić information content (AvgIpc) is 3.08. The highest BCUT2D eigenvalue weighted by Gasteiger charge is 2.47. The summed E-state index contributed by atoms with van der Waals surface area (Å²) in [5.74, 6) is -3.10. The van der Waals surface area contributed by atoms with Gasteiger partial charge in [0.05, 0.1) is 24.1 Å². The fourth-order valence-electron chi connectivity index (χ4n) is 3.71. The molecule has 32 heavy (non-hydrogen) atoms. The van der Waals surface area contributed by atoms with Gasteiger partial charge in [0.25, 0.3) is 0 Å². The molecule has 2 aromatic rings. The van der Waals surface area contributed by atoms with E-state index < -0.39 is 36.3 Å². The number of hydrogen-bond donors (Lipinski definition) is 4. The first-order valence-electron chi connectivity index (χ1n) is 10.1. The SMILES string of the molecule is C[C@](N)(CNCc1cnn2cc([C@@H](NC(=O)O)C3CCC(F)(F)CC3)nc2c1)C(F)(F)F. The number of carbonyl (C=O) groups is 1. The number of alkyl halides is 5. The summed E-state index contributed by atoms with van der Waals surface area (Å²) in [6.45, 7) is 0.445. The molecule has 178 valence electrons. The first-order chi connectivity index (χ1) is 14.8. The Bertz CT molecular complexity index is 951. The number of hydrogen-bond acceptors (Lipinski definition) is 5. The zero-order valence-corrected chi connectivity index (χ0v) is 17.3. The van der Waals surface area contributed by atoms with Gasteiger partial charge in [0.2, 0.25) is 5.92 Å². The molecule has 0 radical (unpaired) electrons. The molecule has 1 fully saturated rings. The van der Waals surface area contributed by atoms with E-state index in [0.29, 0.717) is 16.9 Å². The molecule has 13 heteroatoms. The number of aromatic nitrogens is 3. The number of fused-ring (bicyclic) bond motifs is 1. The maximum atomic E-state index is 13.5. The molecular weight excluding hydrogens is 439 g/mol. The van der Waals surface area contributed by atoms with Gasteiger partial charge in [-0.3, -0.25) is 0 Å². The molecule has 2 atom stereocenters. The van der Waals surface area contributed by atoms with Crippen molar-refractivity contribution in [1.82, 2.24) is 25.2 Å². The van der Waals surface area contributed by atoms with Crippen LogP contribution in [0, 0.1) is 5.92 Å². The number of nitrogens with zero attached hydrogens (tertiary/aromatic N) is 3. The number of halogens is 5. The van der Waals surface area contributed by atoms with Crippen LogP contribution < -0.4 is 16.4 Å². The largest absolute Gasteiger partial charge is 0.465 e. The van der Waals surface area contributed by atoms with Crippen molar-refractivity contribution in [3.8, 4) is 0 Å². The third kappa shape index (κ3) is 5.63. The van der Waals surface area contributed by atoms with E-state index in [1.807, 2.05) is 0 Å². The highest BCUT2D eigenvalue weighted by molar-refractivity contribution is 5.65. The van der Waals surface area contributed by atoms with E-state index in [1.165, 1.54) is 16.9 Å². The van der Waals surface area contributed by atoms with Crippen LogP contribution in [0.3, 0.4) is 0 Å². The Morgan fingerprint density at radius 2 is 2.03 bits per heavy atom. The lowest BCUT2D eigenvalue weighted by molar-refractivity contribution is -0.179. The van der Waals surface area contributed by atoms with Crippen molar-refractivity contribution < 1.29 is 31.9 Å². The van der Waals surface area contributed by atoms with Crippen molar-refractivity contribution in [2.45, 2.75) is 62.8 Å². The predicted octanol–water partition coefficient (Wildman–Crippen LogP) is 3.23. The van der Waals surface area contributed by atoms with Gasteiger partial charge in [-0.2, -0.15) is 18.3 Å². The summed E-state index contributed by atoms with van der Waals surface area (Å²) in [6, 6.07) is 0.814. The van der Waals surface area contributed by atoms with E-state index in [1.54, 1.807) is 6.07 Å². The molecule has 0 saturated heterocycles. The van der Waals surface area contributed by atoms with Crippen LogP contribution in [-0.4, -0.2) is 50.0 Å². The number of amides is 1. The molecule has 5 N–H and O–H groups in total. The summed E-state index contributed by atoms with van der Waals surface area (Å²) in [5.41, 5.74) is 4.14. The molecule has 1 aliphatic carbocycles. The fourth-order valence-corrected chi connectivity index (χ4v) is 3.71. The van der Waals surface area contributed by atoms with Crippen LogP contribution in [-0.2, 0) is 6.54 Å². The lowest BCUT2D eigenvalue weighted by atomic mass is 9.81. The Balaban J connectivity index is 1.74.